The van der Waals surface area contributed by atoms with E-state index in [0.29, 0.717) is 5.56 Å². The van der Waals surface area contributed by atoms with Crippen LogP contribution in [0.5, 0.6) is 5.75 Å². The van der Waals surface area contributed by atoms with Crippen LogP contribution in [0.4, 0.5) is 17.6 Å². The summed E-state index contributed by atoms with van der Waals surface area (Å²) >= 11 is 0. The summed E-state index contributed by atoms with van der Waals surface area (Å²) in [7, 11) is 0. The summed E-state index contributed by atoms with van der Waals surface area (Å²) in [4.78, 5) is 0. The van der Waals surface area contributed by atoms with Crippen molar-refractivity contribution in [3.63, 3.8) is 0 Å². The van der Waals surface area contributed by atoms with Crippen LogP contribution >= 0.6 is 0 Å². The van der Waals surface area contributed by atoms with E-state index in [9.17, 15) is 22.7 Å². The van der Waals surface area contributed by atoms with Crippen molar-refractivity contribution in [2.75, 3.05) is 0 Å². The average molecular weight is 335 g/mol. The Morgan fingerprint density at radius 2 is 1.83 bits per heavy atom. The van der Waals surface area contributed by atoms with Crippen molar-refractivity contribution in [2.45, 2.75) is 56.8 Å². The molecule has 0 radical (unpaired) electrons. The van der Waals surface area contributed by atoms with Crippen molar-refractivity contribution in [2.24, 2.45) is 11.7 Å². The van der Waals surface area contributed by atoms with Crippen molar-refractivity contribution in [3.8, 4) is 5.75 Å². The molecule has 1 aromatic rings. The van der Waals surface area contributed by atoms with Crippen LogP contribution in [0.25, 0.3) is 0 Å². The molecule has 0 unspecified atom stereocenters. The first-order valence-electron chi connectivity index (χ1n) is 7.70. The molecule has 130 valence electrons. The minimum atomic E-state index is -4.56. The number of nitrogens with two attached hydrogens (primary N) is 1. The number of halogens is 4. The van der Waals surface area contributed by atoms with Gasteiger partial charge in [-0.3, -0.25) is 0 Å². The molecule has 23 heavy (non-hydrogen) atoms. The molecule has 0 spiro atoms. The first-order chi connectivity index (χ1) is 10.8. The second kappa shape index (κ2) is 7.49. The van der Waals surface area contributed by atoms with Crippen molar-refractivity contribution in [1.82, 2.24) is 0 Å². The van der Waals surface area contributed by atoms with Crippen LogP contribution in [0.2, 0.25) is 0 Å². The highest BCUT2D eigenvalue weighted by Gasteiger charge is 2.44. The summed E-state index contributed by atoms with van der Waals surface area (Å²) in [5.74, 6) is -0.343. The van der Waals surface area contributed by atoms with Gasteiger partial charge in [0.15, 0.2) is 0 Å². The van der Waals surface area contributed by atoms with E-state index in [4.69, 9.17) is 5.73 Å². The molecule has 0 aromatic heterocycles. The highest BCUT2D eigenvalue weighted by Crippen LogP contribution is 2.33. The Morgan fingerprint density at radius 3 is 2.43 bits per heavy atom. The van der Waals surface area contributed by atoms with Gasteiger partial charge in [-0.2, -0.15) is 17.6 Å². The Hall–Kier alpha value is -1.34. The molecule has 3 nitrogen and oxygen atoms in total. The molecule has 0 aliphatic heterocycles. The number of aliphatic hydroxyl groups excluding tert-OH is 1. The lowest BCUT2D eigenvalue weighted by Gasteiger charge is -2.30. The predicted octanol–water partition coefficient (Wildman–Crippen LogP) is 3.86. The topological polar surface area (TPSA) is 55.5 Å². The van der Waals surface area contributed by atoms with Crippen molar-refractivity contribution in [1.29, 1.82) is 0 Å². The molecule has 2 rings (SSSR count). The van der Waals surface area contributed by atoms with Gasteiger partial charge in [-0.1, -0.05) is 31.4 Å². The lowest BCUT2D eigenvalue weighted by atomic mass is 9.81. The van der Waals surface area contributed by atoms with Crippen molar-refractivity contribution < 1.29 is 27.4 Å². The summed E-state index contributed by atoms with van der Waals surface area (Å²) < 4.78 is 54.4. The summed E-state index contributed by atoms with van der Waals surface area (Å²) in [6.45, 7) is 0. The minimum Gasteiger partial charge on any atom is -0.428 e. The molecule has 1 saturated carbocycles. The van der Waals surface area contributed by atoms with E-state index in [1.807, 2.05) is 0 Å². The number of hydrogen-bond acceptors (Lipinski definition) is 3. The number of hydrogen-bond donors (Lipinski definition) is 2. The summed E-state index contributed by atoms with van der Waals surface area (Å²) in [5, 5.41) is 10.4. The van der Waals surface area contributed by atoms with E-state index >= 15 is 0 Å². The van der Waals surface area contributed by atoms with Crippen LogP contribution in [0, 0.1) is 5.92 Å². The van der Waals surface area contributed by atoms with E-state index in [-0.39, 0.29) is 5.92 Å². The number of aliphatic hydroxyl groups is 1. The standard InChI is InChI=1S/C16H21F4NO2/c17-15(18)16(19,20)23-12-8-4-7-11(9-12)13(21)14(22)10-5-2-1-3-6-10/h4,7-10,13-15,22H,1-3,5-6,21H2/t13-,14+/m0/s1. The Labute approximate surface area is 132 Å². The number of benzene rings is 1. The third kappa shape index (κ3) is 4.57. The maximum atomic E-state index is 13.0. The van der Waals surface area contributed by atoms with E-state index < -0.39 is 30.4 Å². The number of alkyl halides is 4. The first-order valence-corrected chi connectivity index (χ1v) is 7.70. The van der Waals surface area contributed by atoms with Crippen LogP contribution in [0.15, 0.2) is 24.3 Å². The average Bonchev–Trinajstić information content (AvgIpc) is 2.54. The van der Waals surface area contributed by atoms with Gasteiger partial charge in [-0.05, 0) is 36.5 Å². The number of ether oxygens (including phenoxy) is 1. The third-order valence-corrected chi connectivity index (χ3v) is 4.25. The van der Waals surface area contributed by atoms with Gasteiger partial charge in [0, 0.05) is 0 Å². The highest BCUT2D eigenvalue weighted by molar-refractivity contribution is 5.31. The Morgan fingerprint density at radius 1 is 1.17 bits per heavy atom. The molecular formula is C16H21F4NO2. The van der Waals surface area contributed by atoms with Gasteiger partial charge in [0.1, 0.15) is 5.75 Å². The number of rotatable bonds is 6. The van der Waals surface area contributed by atoms with Crippen LogP contribution in [0.3, 0.4) is 0 Å². The van der Waals surface area contributed by atoms with E-state index in [0.717, 1.165) is 38.2 Å². The lowest BCUT2D eigenvalue weighted by molar-refractivity contribution is -0.253. The normalized spacial score (nSPS) is 19.6. The fourth-order valence-electron chi connectivity index (χ4n) is 2.95. The molecular weight excluding hydrogens is 314 g/mol. The minimum absolute atomic E-state index is 0.0610. The van der Waals surface area contributed by atoms with E-state index in [1.54, 1.807) is 6.07 Å². The molecule has 0 amide bonds. The Kier molecular flexibility index (Phi) is 5.86. The van der Waals surface area contributed by atoms with Gasteiger partial charge in [-0.25, -0.2) is 0 Å². The van der Waals surface area contributed by atoms with E-state index in [1.165, 1.54) is 12.1 Å². The fourth-order valence-corrected chi connectivity index (χ4v) is 2.95. The van der Waals surface area contributed by atoms with Gasteiger partial charge >= 0.3 is 12.5 Å². The van der Waals surface area contributed by atoms with Crippen LogP contribution < -0.4 is 10.5 Å². The molecule has 1 fully saturated rings. The summed E-state index contributed by atoms with van der Waals surface area (Å²) in [5.41, 5.74) is 6.40. The predicted molar refractivity (Wildman–Crippen MR) is 77.5 cm³/mol. The molecule has 2 atom stereocenters. The maximum Gasteiger partial charge on any atom is 0.461 e. The molecule has 3 N–H and O–H groups in total. The van der Waals surface area contributed by atoms with Gasteiger partial charge < -0.3 is 15.6 Å². The monoisotopic (exact) mass is 335 g/mol. The van der Waals surface area contributed by atoms with Crippen LogP contribution in [0.1, 0.15) is 43.7 Å². The zero-order chi connectivity index (χ0) is 17.0. The van der Waals surface area contributed by atoms with Crippen LogP contribution in [-0.2, 0) is 0 Å². The van der Waals surface area contributed by atoms with Gasteiger partial charge in [0.05, 0.1) is 12.1 Å². The summed E-state index contributed by atoms with van der Waals surface area (Å²) in [6.07, 6.45) is -4.37. The van der Waals surface area contributed by atoms with Gasteiger partial charge in [0.2, 0.25) is 0 Å². The maximum absolute atomic E-state index is 13.0. The zero-order valence-corrected chi connectivity index (χ0v) is 12.6. The second-order valence-corrected chi connectivity index (χ2v) is 5.95. The highest BCUT2D eigenvalue weighted by atomic mass is 19.3. The first kappa shape index (κ1) is 18.0. The zero-order valence-electron chi connectivity index (χ0n) is 12.6. The summed E-state index contributed by atoms with van der Waals surface area (Å²) in [6, 6.07) is 4.50. The largest absolute Gasteiger partial charge is 0.461 e. The fraction of sp³-hybridized carbons (Fsp3) is 0.625. The molecule has 0 saturated heterocycles. The lowest BCUT2D eigenvalue weighted by Crippen LogP contribution is -2.35. The third-order valence-electron chi connectivity index (χ3n) is 4.25. The Balaban J connectivity index is 2.09. The molecule has 1 aromatic carbocycles. The van der Waals surface area contributed by atoms with Gasteiger partial charge in [-0.15, -0.1) is 0 Å². The molecule has 0 heterocycles. The molecule has 0 bridgehead atoms. The Bertz CT molecular complexity index is 507. The second-order valence-electron chi connectivity index (χ2n) is 5.95. The SMILES string of the molecule is N[C@@H](c1cccc(OC(F)(F)C(F)F)c1)[C@H](O)C1CCCCC1. The molecule has 7 heteroatoms. The smallest absolute Gasteiger partial charge is 0.428 e. The molecule has 1 aliphatic carbocycles. The quantitative estimate of drug-likeness (QED) is 0.776. The van der Waals surface area contributed by atoms with E-state index in [2.05, 4.69) is 4.74 Å². The molecule has 1 aliphatic rings. The van der Waals surface area contributed by atoms with Crippen LogP contribution in [-0.4, -0.2) is 23.7 Å². The van der Waals surface area contributed by atoms with Gasteiger partial charge in [0.25, 0.3) is 0 Å². The van der Waals surface area contributed by atoms with Crippen molar-refractivity contribution in [3.05, 3.63) is 29.8 Å². The van der Waals surface area contributed by atoms with Crippen molar-refractivity contribution >= 4 is 0 Å².